The number of guanidine groups is 1. The Balaban J connectivity index is 0.00000338. The highest BCUT2D eigenvalue weighted by Gasteiger charge is 2.17. The van der Waals surface area contributed by atoms with Crippen LogP contribution < -0.4 is 10.6 Å². The van der Waals surface area contributed by atoms with Crippen molar-refractivity contribution in [2.24, 2.45) is 10.9 Å². The lowest BCUT2D eigenvalue weighted by atomic mass is 9.93. The Kier molecular flexibility index (Phi) is 11.7. The highest BCUT2D eigenvalue weighted by Crippen LogP contribution is 2.20. The second-order valence-electron chi connectivity index (χ2n) is 7.11. The van der Waals surface area contributed by atoms with Gasteiger partial charge in [-0.05, 0) is 57.7 Å². The van der Waals surface area contributed by atoms with Gasteiger partial charge in [0.05, 0.1) is 12.2 Å². The zero-order valence-corrected chi connectivity index (χ0v) is 19.9. The van der Waals surface area contributed by atoms with Crippen molar-refractivity contribution in [2.75, 3.05) is 32.7 Å². The lowest BCUT2D eigenvalue weighted by molar-refractivity contribution is 0.187. The van der Waals surface area contributed by atoms with Gasteiger partial charge >= 0.3 is 0 Å². The van der Waals surface area contributed by atoms with E-state index in [1.54, 1.807) is 11.3 Å². The third-order valence-electron chi connectivity index (χ3n) is 4.88. The molecule has 1 fully saturated rings. The van der Waals surface area contributed by atoms with Crippen LogP contribution in [0.25, 0.3) is 0 Å². The number of nitrogens with zero attached hydrogens (tertiary/aromatic N) is 3. The van der Waals surface area contributed by atoms with Gasteiger partial charge in [-0.2, -0.15) is 0 Å². The van der Waals surface area contributed by atoms with Crippen LogP contribution in [0.3, 0.4) is 0 Å². The summed E-state index contributed by atoms with van der Waals surface area (Å²) in [6.45, 7) is 15.0. The molecule has 0 atom stereocenters. The molecule has 0 aromatic carbocycles. The molecule has 150 valence electrons. The van der Waals surface area contributed by atoms with E-state index in [9.17, 15) is 0 Å². The zero-order chi connectivity index (χ0) is 18.1. The number of halogens is 1. The van der Waals surface area contributed by atoms with Crippen LogP contribution in [-0.2, 0) is 6.54 Å². The van der Waals surface area contributed by atoms with E-state index >= 15 is 0 Å². The van der Waals surface area contributed by atoms with Crippen molar-refractivity contribution in [3.63, 3.8) is 0 Å². The summed E-state index contributed by atoms with van der Waals surface area (Å²) in [5.74, 6) is 2.25. The molecule has 0 unspecified atom stereocenters. The Morgan fingerprint density at radius 3 is 2.62 bits per heavy atom. The van der Waals surface area contributed by atoms with Gasteiger partial charge < -0.3 is 15.5 Å². The number of likely N-dealkylation sites (tertiary alicyclic amines) is 1. The zero-order valence-electron chi connectivity index (χ0n) is 16.8. The maximum Gasteiger partial charge on any atom is 0.191 e. The molecule has 0 saturated carbocycles. The second-order valence-corrected chi connectivity index (χ2v) is 8.05. The summed E-state index contributed by atoms with van der Waals surface area (Å²) in [5.41, 5.74) is 1.17. The topological polar surface area (TPSA) is 52.6 Å². The molecule has 1 aromatic heterocycles. The van der Waals surface area contributed by atoms with Crippen molar-refractivity contribution in [1.82, 2.24) is 20.5 Å². The second kappa shape index (κ2) is 12.9. The first-order valence-corrected chi connectivity index (χ1v) is 10.7. The monoisotopic (exact) mass is 493 g/mol. The van der Waals surface area contributed by atoms with Crippen LogP contribution in [-0.4, -0.2) is 48.6 Å². The molecule has 7 heteroatoms. The Morgan fingerprint density at radius 1 is 1.31 bits per heavy atom. The van der Waals surface area contributed by atoms with Crippen molar-refractivity contribution in [3.8, 4) is 0 Å². The van der Waals surface area contributed by atoms with Crippen LogP contribution in [0.15, 0.2) is 10.4 Å². The van der Waals surface area contributed by atoms with Gasteiger partial charge in [0.1, 0.15) is 5.01 Å². The molecule has 0 radical (unpaired) electrons. The van der Waals surface area contributed by atoms with Gasteiger partial charge in [-0.15, -0.1) is 35.3 Å². The quantitative estimate of drug-likeness (QED) is 0.326. The van der Waals surface area contributed by atoms with Crippen molar-refractivity contribution < 1.29 is 0 Å². The fourth-order valence-electron chi connectivity index (χ4n) is 3.14. The third-order valence-corrected chi connectivity index (χ3v) is 5.73. The number of hydrogen-bond donors (Lipinski definition) is 2. The van der Waals surface area contributed by atoms with Crippen molar-refractivity contribution in [2.45, 2.75) is 59.4 Å². The number of aliphatic imine (C=N–C) groups is 1. The van der Waals surface area contributed by atoms with E-state index in [-0.39, 0.29) is 24.0 Å². The highest BCUT2D eigenvalue weighted by atomic mass is 127. The van der Waals surface area contributed by atoms with Gasteiger partial charge in [0.25, 0.3) is 0 Å². The highest BCUT2D eigenvalue weighted by molar-refractivity contribution is 14.0. The number of aromatic nitrogens is 1. The minimum absolute atomic E-state index is 0. The molecule has 0 aliphatic carbocycles. The average Bonchev–Trinajstić information content (AvgIpc) is 3.09. The number of hydrogen-bond acceptors (Lipinski definition) is 4. The van der Waals surface area contributed by atoms with Crippen LogP contribution in [0.1, 0.15) is 63.6 Å². The molecule has 0 bridgehead atoms. The van der Waals surface area contributed by atoms with Crippen molar-refractivity contribution >= 4 is 41.3 Å². The minimum atomic E-state index is 0. The van der Waals surface area contributed by atoms with Crippen molar-refractivity contribution in [3.05, 3.63) is 16.1 Å². The molecule has 2 rings (SSSR count). The summed E-state index contributed by atoms with van der Waals surface area (Å²) in [6.07, 6.45) is 3.90. The molecule has 0 spiro atoms. The molecule has 1 aromatic rings. The predicted molar refractivity (Wildman–Crippen MR) is 124 cm³/mol. The first-order valence-electron chi connectivity index (χ1n) is 9.81. The van der Waals surface area contributed by atoms with E-state index in [4.69, 9.17) is 4.99 Å². The summed E-state index contributed by atoms with van der Waals surface area (Å²) in [6, 6.07) is 0. The lowest BCUT2D eigenvalue weighted by Crippen LogP contribution is -2.39. The van der Waals surface area contributed by atoms with E-state index in [2.05, 4.69) is 53.6 Å². The van der Waals surface area contributed by atoms with E-state index < -0.39 is 0 Å². The first kappa shape index (κ1) is 23.6. The number of piperidine rings is 1. The predicted octanol–water partition coefficient (Wildman–Crippen LogP) is 4.06. The maximum atomic E-state index is 4.70. The fraction of sp³-hybridized carbons (Fsp3) is 0.789. The van der Waals surface area contributed by atoms with Crippen molar-refractivity contribution in [1.29, 1.82) is 0 Å². The number of thiazole rings is 1. The SMILES string of the molecule is CCNC(=NCc1nc(C(C)C)cs1)NCCC1CCN(CC)CC1.I. The molecule has 5 nitrogen and oxygen atoms in total. The van der Waals surface area contributed by atoms with E-state index in [0.717, 1.165) is 30.0 Å². The number of nitrogens with one attached hydrogen (secondary N) is 2. The first-order chi connectivity index (χ1) is 12.1. The molecular formula is C19H36IN5S. The van der Waals surface area contributed by atoms with E-state index in [0.29, 0.717) is 12.5 Å². The molecule has 1 aliphatic heterocycles. The van der Waals surface area contributed by atoms with E-state index in [1.807, 2.05) is 0 Å². The summed E-state index contributed by atoms with van der Waals surface area (Å²) in [7, 11) is 0. The van der Waals surface area contributed by atoms with Crippen LogP contribution in [0.5, 0.6) is 0 Å². The minimum Gasteiger partial charge on any atom is -0.357 e. The fourth-order valence-corrected chi connectivity index (χ4v) is 4.02. The van der Waals surface area contributed by atoms with E-state index in [1.165, 1.54) is 44.6 Å². The van der Waals surface area contributed by atoms with Crippen LogP contribution in [0.2, 0.25) is 0 Å². The molecule has 0 amide bonds. The van der Waals surface area contributed by atoms with Crippen LogP contribution in [0.4, 0.5) is 0 Å². The normalized spacial score (nSPS) is 16.6. The molecule has 1 aliphatic rings. The third kappa shape index (κ3) is 8.08. The van der Waals surface area contributed by atoms with Crippen LogP contribution >= 0.6 is 35.3 Å². The van der Waals surface area contributed by atoms with Gasteiger partial charge in [0, 0.05) is 18.5 Å². The Hall–Kier alpha value is -0.410. The van der Waals surface area contributed by atoms with Gasteiger partial charge in [-0.3, -0.25) is 0 Å². The van der Waals surface area contributed by atoms with Gasteiger partial charge in [0.2, 0.25) is 0 Å². The lowest BCUT2D eigenvalue weighted by Gasteiger charge is -2.31. The number of rotatable bonds is 8. The standard InChI is InChI=1S/C19H35N5S.HI/c1-5-20-19(22-13-18-23-17(14-25-18)15(3)4)21-10-7-16-8-11-24(6-2)12-9-16;/h14-16H,5-13H2,1-4H3,(H2,20,21,22);1H. The Labute approximate surface area is 180 Å². The molecule has 26 heavy (non-hydrogen) atoms. The Bertz CT molecular complexity index is 524. The molecular weight excluding hydrogens is 457 g/mol. The molecule has 2 N–H and O–H groups in total. The summed E-state index contributed by atoms with van der Waals surface area (Å²) in [5, 5.41) is 10.1. The average molecular weight is 494 g/mol. The van der Waals surface area contributed by atoms with Gasteiger partial charge in [-0.1, -0.05) is 20.8 Å². The summed E-state index contributed by atoms with van der Waals surface area (Å²) in [4.78, 5) is 11.9. The molecule has 2 heterocycles. The maximum absolute atomic E-state index is 4.70. The Morgan fingerprint density at radius 2 is 2.04 bits per heavy atom. The largest absolute Gasteiger partial charge is 0.357 e. The van der Waals surface area contributed by atoms with Crippen LogP contribution in [0, 0.1) is 5.92 Å². The van der Waals surface area contributed by atoms with Gasteiger partial charge in [-0.25, -0.2) is 9.98 Å². The summed E-state index contributed by atoms with van der Waals surface area (Å²) >= 11 is 1.71. The smallest absolute Gasteiger partial charge is 0.191 e. The summed E-state index contributed by atoms with van der Waals surface area (Å²) < 4.78 is 0. The van der Waals surface area contributed by atoms with Gasteiger partial charge in [0.15, 0.2) is 5.96 Å². The molecule has 1 saturated heterocycles.